The number of benzene rings is 9. The van der Waals surface area contributed by atoms with Crippen LogP contribution in [0.2, 0.25) is 0 Å². The molecule has 0 saturated carbocycles. The van der Waals surface area contributed by atoms with Gasteiger partial charge in [-0.3, -0.25) is 0 Å². The first-order chi connectivity index (χ1) is 27.0. The Bertz CT molecular complexity index is 3110. The lowest BCUT2D eigenvalue weighted by Gasteiger charge is -2.28. The molecule has 1 heterocycles. The van der Waals surface area contributed by atoms with Gasteiger partial charge in [-0.1, -0.05) is 159 Å². The average Bonchev–Trinajstić information content (AvgIpc) is 3.73. The normalized spacial score (nSPS) is 13.1. The van der Waals surface area contributed by atoms with Gasteiger partial charge in [0.2, 0.25) is 0 Å². The lowest BCUT2D eigenvalue weighted by Crippen LogP contribution is -2.14. The molecule has 1 aliphatic carbocycles. The first kappa shape index (κ1) is 31.6. The maximum atomic E-state index is 6.87. The van der Waals surface area contributed by atoms with Gasteiger partial charge in [0.1, 0.15) is 11.2 Å². The molecule has 1 aliphatic rings. The standard InChI is InChI=1S/C53H37NO/c1-53(2)47-21-11-10-18-41(47)42-29-25-37(31-48(42)53)38-26-30-44-46-33-50(43-19-8-9-20-45(43)52(46)55-51(44)32-38)54(49-22-12-16-36-15-6-7-17-40(36)49)39-27-23-35(24-28-39)34-13-4-3-5-14-34/h3-33H,1-2H3. The van der Waals surface area contributed by atoms with E-state index in [1.165, 1.54) is 49.7 Å². The Balaban J connectivity index is 1.10. The molecule has 11 rings (SSSR count). The van der Waals surface area contributed by atoms with Crippen LogP contribution in [0, 0.1) is 0 Å². The van der Waals surface area contributed by atoms with Gasteiger partial charge < -0.3 is 9.32 Å². The highest BCUT2D eigenvalue weighted by Crippen LogP contribution is 2.50. The van der Waals surface area contributed by atoms with E-state index in [-0.39, 0.29) is 5.41 Å². The molecule has 0 unspecified atom stereocenters. The summed E-state index contributed by atoms with van der Waals surface area (Å²) in [6, 6.07) is 68.3. The third-order valence-corrected chi connectivity index (χ3v) is 11.9. The Labute approximate surface area is 320 Å². The van der Waals surface area contributed by atoms with Gasteiger partial charge in [0.05, 0.1) is 11.4 Å². The van der Waals surface area contributed by atoms with Crippen LogP contribution in [-0.2, 0) is 5.41 Å². The van der Waals surface area contributed by atoms with Crippen molar-refractivity contribution in [3.05, 3.63) is 199 Å². The van der Waals surface area contributed by atoms with Gasteiger partial charge in [-0.05, 0) is 92.4 Å². The Hall–Kier alpha value is -6.90. The third-order valence-electron chi connectivity index (χ3n) is 11.9. The van der Waals surface area contributed by atoms with E-state index in [4.69, 9.17) is 4.42 Å². The predicted octanol–water partition coefficient (Wildman–Crippen LogP) is 15.0. The zero-order valence-electron chi connectivity index (χ0n) is 30.8. The van der Waals surface area contributed by atoms with E-state index < -0.39 is 0 Å². The van der Waals surface area contributed by atoms with Gasteiger partial charge in [-0.25, -0.2) is 0 Å². The summed E-state index contributed by atoms with van der Waals surface area (Å²) in [6.45, 7) is 4.68. The molecular weight excluding hydrogens is 667 g/mol. The molecule has 260 valence electrons. The molecule has 2 nitrogen and oxygen atoms in total. The van der Waals surface area contributed by atoms with Gasteiger partial charge in [0.15, 0.2) is 0 Å². The zero-order chi connectivity index (χ0) is 36.7. The van der Waals surface area contributed by atoms with Crippen LogP contribution < -0.4 is 4.90 Å². The second kappa shape index (κ2) is 12.1. The lowest BCUT2D eigenvalue weighted by atomic mass is 9.81. The molecular formula is C53H37NO. The molecule has 0 aliphatic heterocycles. The van der Waals surface area contributed by atoms with Crippen LogP contribution in [0.25, 0.3) is 76.9 Å². The number of furan rings is 1. The topological polar surface area (TPSA) is 16.4 Å². The van der Waals surface area contributed by atoms with Gasteiger partial charge in [-0.2, -0.15) is 0 Å². The fourth-order valence-corrected chi connectivity index (χ4v) is 9.07. The van der Waals surface area contributed by atoms with E-state index >= 15 is 0 Å². The maximum Gasteiger partial charge on any atom is 0.143 e. The minimum atomic E-state index is -0.0570. The number of rotatable bonds is 5. The third kappa shape index (κ3) is 4.88. The predicted molar refractivity (Wildman–Crippen MR) is 232 cm³/mol. The molecule has 0 amide bonds. The highest BCUT2D eigenvalue weighted by molar-refractivity contribution is 6.20. The van der Waals surface area contributed by atoms with E-state index in [0.29, 0.717) is 0 Å². The van der Waals surface area contributed by atoms with Gasteiger partial charge in [-0.15, -0.1) is 0 Å². The van der Waals surface area contributed by atoms with Crippen molar-refractivity contribution in [3.8, 4) is 33.4 Å². The summed E-state index contributed by atoms with van der Waals surface area (Å²) in [5.74, 6) is 0. The smallest absolute Gasteiger partial charge is 0.143 e. The lowest BCUT2D eigenvalue weighted by molar-refractivity contribution is 0.660. The monoisotopic (exact) mass is 703 g/mol. The fourth-order valence-electron chi connectivity index (χ4n) is 9.07. The molecule has 1 aromatic heterocycles. The Morgan fingerprint density at radius 1 is 0.400 bits per heavy atom. The molecule has 0 atom stereocenters. The van der Waals surface area contributed by atoms with E-state index in [2.05, 4.69) is 207 Å². The van der Waals surface area contributed by atoms with Gasteiger partial charge >= 0.3 is 0 Å². The van der Waals surface area contributed by atoms with Crippen molar-refractivity contribution in [2.75, 3.05) is 4.90 Å². The average molecular weight is 704 g/mol. The molecule has 0 radical (unpaired) electrons. The van der Waals surface area contributed by atoms with Crippen molar-refractivity contribution in [2.24, 2.45) is 0 Å². The van der Waals surface area contributed by atoms with Crippen LogP contribution in [0.1, 0.15) is 25.0 Å². The summed E-state index contributed by atoms with van der Waals surface area (Å²) in [5, 5.41) is 6.84. The number of fused-ring (bicyclic) bond motifs is 9. The van der Waals surface area contributed by atoms with Crippen molar-refractivity contribution >= 4 is 60.5 Å². The van der Waals surface area contributed by atoms with Crippen LogP contribution in [0.5, 0.6) is 0 Å². The van der Waals surface area contributed by atoms with E-state index in [9.17, 15) is 0 Å². The minimum Gasteiger partial charge on any atom is -0.455 e. The van der Waals surface area contributed by atoms with Crippen LogP contribution in [0.3, 0.4) is 0 Å². The molecule has 0 N–H and O–H groups in total. The summed E-state index contributed by atoms with van der Waals surface area (Å²) in [7, 11) is 0. The number of anilines is 3. The SMILES string of the molecule is CC1(C)c2ccccc2-c2ccc(-c3ccc4c(c3)oc3c5ccccc5c(N(c5ccc(-c6ccccc6)cc5)c5cccc6ccccc56)cc43)cc21. The molecule has 55 heavy (non-hydrogen) atoms. The van der Waals surface area contributed by atoms with Crippen LogP contribution in [0.15, 0.2) is 192 Å². The van der Waals surface area contributed by atoms with Crippen molar-refractivity contribution in [1.29, 1.82) is 0 Å². The molecule has 10 aromatic rings. The number of hydrogen-bond acceptors (Lipinski definition) is 2. The second-order valence-corrected chi connectivity index (χ2v) is 15.3. The summed E-state index contributed by atoms with van der Waals surface area (Å²) < 4.78 is 6.87. The van der Waals surface area contributed by atoms with Crippen LogP contribution in [0.4, 0.5) is 17.1 Å². The fraction of sp³-hybridized carbons (Fsp3) is 0.0566. The van der Waals surface area contributed by atoms with Crippen molar-refractivity contribution in [1.82, 2.24) is 0 Å². The van der Waals surface area contributed by atoms with E-state index in [1.54, 1.807) is 0 Å². The van der Waals surface area contributed by atoms with Gasteiger partial charge in [0.25, 0.3) is 0 Å². The quantitative estimate of drug-likeness (QED) is 0.177. The number of hydrogen-bond donors (Lipinski definition) is 0. The first-order valence-corrected chi connectivity index (χ1v) is 19.1. The molecule has 0 bridgehead atoms. The molecule has 2 heteroatoms. The highest BCUT2D eigenvalue weighted by Gasteiger charge is 2.35. The Kier molecular flexibility index (Phi) is 6.93. The molecule has 0 spiro atoms. The molecule has 9 aromatic carbocycles. The van der Waals surface area contributed by atoms with Crippen molar-refractivity contribution < 1.29 is 4.42 Å². The Morgan fingerprint density at radius 3 is 1.89 bits per heavy atom. The van der Waals surface area contributed by atoms with E-state index in [0.717, 1.165) is 55.3 Å². The summed E-state index contributed by atoms with van der Waals surface area (Å²) in [5.41, 5.74) is 15.3. The van der Waals surface area contributed by atoms with Crippen LogP contribution >= 0.6 is 0 Å². The zero-order valence-corrected chi connectivity index (χ0v) is 30.8. The Morgan fingerprint density at radius 2 is 1.04 bits per heavy atom. The highest BCUT2D eigenvalue weighted by atomic mass is 16.3. The molecule has 0 saturated heterocycles. The molecule has 0 fully saturated rings. The van der Waals surface area contributed by atoms with Gasteiger partial charge in [0, 0.05) is 38.0 Å². The van der Waals surface area contributed by atoms with Crippen molar-refractivity contribution in [3.63, 3.8) is 0 Å². The van der Waals surface area contributed by atoms with E-state index in [1.807, 2.05) is 0 Å². The minimum absolute atomic E-state index is 0.0570. The summed E-state index contributed by atoms with van der Waals surface area (Å²) in [4.78, 5) is 2.43. The maximum absolute atomic E-state index is 6.87. The first-order valence-electron chi connectivity index (χ1n) is 19.1. The largest absolute Gasteiger partial charge is 0.455 e. The number of nitrogens with zero attached hydrogens (tertiary/aromatic N) is 1. The van der Waals surface area contributed by atoms with Crippen LogP contribution in [-0.4, -0.2) is 0 Å². The van der Waals surface area contributed by atoms with Crippen molar-refractivity contribution in [2.45, 2.75) is 19.3 Å². The summed E-state index contributed by atoms with van der Waals surface area (Å²) >= 11 is 0. The second-order valence-electron chi connectivity index (χ2n) is 15.3. The summed E-state index contributed by atoms with van der Waals surface area (Å²) in [6.07, 6.45) is 0.